The third-order valence-electron chi connectivity index (χ3n) is 8.77. The molecular weight excluding hydrogens is 526 g/mol. The number of amides is 1. The van der Waals surface area contributed by atoms with Gasteiger partial charge in [0.05, 0.1) is 23.9 Å². The Kier molecular flexibility index (Phi) is 6.11. The third kappa shape index (κ3) is 4.74. The number of aliphatic hydroxyl groups excluding tert-OH is 1. The van der Waals surface area contributed by atoms with Gasteiger partial charge in [-0.3, -0.25) is 4.79 Å². The lowest BCUT2D eigenvalue weighted by Gasteiger charge is -2.39. The summed E-state index contributed by atoms with van der Waals surface area (Å²) in [6.07, 6.45) is 4.27. The van der Waals surface area contributed by atoms with Crippen molar-refractivity contribution in [1.82, 2.24) is 14.9 Å². The Labute approximate surface area is 229 Å². The summed E-state index contributed by atoms with van der Waals surface area (Å²) in [6.45, 7) is 2.67. The minimum atomic E-state index is -1.19. The zero-order chi connectivity index (χ0) is 27.6. The van der Waals surface area contributed by atoms with Crippen molar-refractivity contribution in [3.63, 3.8) is 0 Å². The molecule has 1 saturated carbocycles. The van der Waals surface area contributed by atoms with Gasteiger partial charge in [-0.15, -0.1) is 0 Å². The number of likely N-dealkylation sites (tertiary alicyclic amines) is 1. The molecule has 40 heavy (non-hydrogen) atoms. The molecule has 5 aliphatic rings. The Morgan fingerprint density at radius 2 is 1.98 bits per heavy atom. The SMILES string of the molecule is NC1(COc2cc(F)c3c(c2F)CC(CN2CCC4(CC2)CN(c2cnc5c(n2)NC(=O)CO5)C(O)O4)C3)CC1. The van der Waals surface area contributed by atoms with E-state index in [0.29, 0.717) is 55.7 Å². The maximum absolute atomic E-state index is 15.2. The van der Waals surface area contributed by atoms with Gasteiger partial charge in [0.15, 0.2) is 29.8 Å². The number of anilines is 2. The number of hydrogen-bond acceptors (Lipinski definition) is 10. The summed E-state index contributed by atoms with van der Waals surface area (Å²) >= 11 is 0. The molecular formula is C27H32F2N6O5. The molecule has 2 aromatic rings. The number of nitrogens with zero attached hydrogens (tertiary/aromatic N) is 4. The standard InChI is InChI=1S/C27H32F2N6O5/c28-18-9-19(39-14-26(30)1-2-26)22(29)17-8-15(7-16(17)18)11-34-5-3-27(4-6-34)13-35(25(37)40-27)20-10-31-24-23(32-20)33-21(36)12-38-24/h9-10,15,25,37H,1-8,11-14,30H2,(H,32,33,36). The summed E-state index contributed by atoms with van der Waals surface area (Å²) < 4.78 is 46.9. The number of rotatable bonds is 6. The van der Waals surface area contributed by atoms with E-state index < -0.39 is 29.2 Å². The van der Waals surface area contributed by atoms with Crippen molar-refractivity contribution in [2.45, 2.75) is 56.1 Å². The first-order valence-corrected chi connectivity index (χ1v) is 13.8. The van der Waals surface area contributed by atoms with Gasteiger partial charge in [-0.1, -0.05) is 0 Å². The molecule has 13 heteroatoms. The van der Waals surface area contributed by atoms with E-state index in [1.807, 2.05) is 0 Å². The summed E-state index contributed by atoms with van der Waals surface area (Å²) in [6, 6.07) is 1.16. The summed E-state index contributed by atoms with van der Waals surface area (Å²) in [5.41, 5.74) is 5.94. The van der Waals surface area contributed by atoms with Crippen molar-refractivity contribution >= 4 is 17.5 Å². The summed E-state index contributed by atoms with van der Waals surface area (Å²) in [5.74, 6) is -0.317. The Morgan fingerprint density at radius 1 is 1.20 bits per heavy atom. The molecule has 0 bridgehead atoms. The van der Waals surface area contributed by atoms with Gasteiger partial charge in [0, 0.05) is 25.7 Å². The fraction of sp³-hybridized carbons (Fsp3) is 0.593. The first-order valence-electron chi connectivity index (χ1n) is 13.8. The summed E-state index contributed by atoms with van der Waals surface area (Å²) in [4.78, 5) is 24.2. The first kappa shape index (κ1) is 25.8. The molecule has 3 aliphatic heterocycles. The van der Waals surface area contributed by atoms with Gasteiger partial charge in [-0.2, -0.15) is 0 Å². The molecule has 1 aromatic carbocycles. The maximum Gasteiger partial charge on any atom is 0.263 e. The van der Waals surface area contributed by atoms with Crippen molar-refractivity contribution in [2.24, 2.45) is 11.7 Å². The summed E-state index contributed by atoms with van der Waals surface area (Å²) in [7, 11) is 0. The van der Waals surface area contributed by atoms with E-state index in [-0.39, 0.29) is 42.5 Å². The van der Waals surface area contributed by atoms with Gasteiger partial charge < -0.3 is 40.2 Å². The van der Waals surface area contributed by atoms with Gasteiger partial charge in [0.25, 0.3) is 11.8 Å². The Morgan fingerprint density at radius 3 is 2.75 bits per heavy atom. The first-order chi connectivity index (χ1) is 19.2. The van der Waals surface area contributed by atoms with E-state index in [4.69, 9.17) is 19.9 Å². The van der Waals surface area contributed by atoms with Crippen LogP contribution in [0.2, 0.25) is 0 Å². The number of ether oxygens (including phenoxy) is 3. The molecule has 3 fully saturated rings. The molecule has 2 atom stereocenters. The largest absolute Gasteiger partial charge is 0.488 e. The molecule has 2 aliphatic carbocycles. The number of nitrogens with one attached hydrogen (secondary N) is 1. The number of carbonyl (C=O) groups is 1. The quantitative estimate of drug-likeness (QED) is 0.476. The number of hydrogen-bond donors (Lipinski definition) is 3. The van der Waals surface area contributed by atoms with E-state index in [1.54, 1.807) is 4.90 Å². The molecule has 2 unspecified atom stereocenters. The highest BCUT2D eigenvalue weighted by molar-refractivity contribution is 5.93. The number of benzene rings is 1. The van der Waals surface area contributed by atoms with Crippen LogP contribution in [-0.4, -0.2) is 82.8 Å². The molecule has 1 spiro atoms. The average Bonchev–Trinajstić information content (AvgIpc) is 3.37. The second-order valence-corrected chi connectivity index (χ2v) is 11.8. The minimum Gasteiger partial charge on any atom is -0.488 e. The zero-order valence-electron chi connectivity index (χ0n) is 22.0. The second kappa shape index (κ2) is 9.47. The number of carbonyl (C=O) groups excluding carboxylic acids is 1. The average molecular weight is 559 g/mol. The lowest BCUT2D eigenvalue weighted by Crippen LogP contribution is -2.48. The van der Waals surface area contributed by atoms with E-state index >= 15 is 4.39 Å². The predicted molar refractivity (Wildman–Crippen MR) is 138 cm³/mol. The number of fused-ring (bicyclic) bond motifs is 2. The molecule has 0 radical (unpaired) electrons. The van der Waals surface area contributed by atoms with Crippen LogP contribution in [0.3, 0.4) is 0 Å². The van der Waals surface area contributed by atoms with Crippen LogP contribution >= 0.6 is 0 Å². The van der Waals surface area contributed by atoms with Crippen LogP contribution in [0.25, 0.3) is 0 Å². The van der Waals surface area contributed by atoms with Gasteiger partial charge in [-0.05, 0) is 55.6 Å². The van der Waals surface area contributed by atoms with E-state index in [1.165, 1.54) is 6.20 Å². The number of aliphatic hydroxyl groups is 1. The monoisotopic (exact) mass is 558 g/mol. The smallest absolute Gasteiger partial charge is 0.263 e. The van der Waals surface area contributed by atoms with Crippen molar-refractivity contribution < 1.29 is 32.9 Å². The normalized spacial score (nSPS) is 26.3. The van der Waals surface area contributed by atoms with Crippen LogP contribution in [0.15, 0.2) is 12.3 Å². The van der Waals surface area contributed by atoms with Gasteiger partial charge >= 0.3 is 0 Å². The minimum absolute atomic E-state index is 0.0476. The molecule has 11 nitrogen and oxygen atoms in total. The molecule has 1 amide bonds. The number of nitrogens with two attached hydrogens (primary N) is 1. The van der Waals surface area contributed by atoms with Gasteiger partial charge in [0.2, 0.25) is 6.41 Å². The maximum atomic E-state index is 15.2. The van der Waals surface area contributed by atoms with Crippen LogP contribution in [0.4, 0.5) is 20.4 Å². The lowest BCUT2D eigenvalue weighted by molar-refractivity contribution is -0.151. The fourth-order valence-electron chi connectivity index (χ4n) is 6.22. The Balaban J connectivity index is 0.960. The predicted octanol–water partition coefficient (Wildman–Crippen LogP) is 1.32. The topological polar surface area (TPSA) is 135 Å². The van der Waals surface area contributed by atoms with E-state index in [9.17, 15) is 14.3 Å². The van der Waals surface area contributed by atoms with Gasteiger partial charge in [-0.25, -0.2) is 18.7 Å². The van der Waals surface area contributed by atoms with Crippen LogP contribution < -0.4 is 25.4 Å². The lowest BCUT2D eigenvalue weighted by atomic mass is 9.90. The number of piperidine rings is 1. The second-order valence-electron chi connectivity index (χ2n) is 11.8. The molecule has 4 N–H and O–H groups in total. The van der Waals surface area contributed by atoms with Crippen LogP contribution in [-0.2, 0) is 22.4 Å². The van der Waals surface area contributed by atoms with Crippen molar-refractivity contribution in [2.75, 3.05) is 49.6 Å². The Bertz CT molecular complexity index is 1350. The summed E-state index contributed by atoms with van der Waals surface area (Å²) in [5, 5.41) is 13.3. The molecule has 214 valence electrons. The van der Waals surface area contributed by atoms with E-state index in [2.05, 4.69) is 20.2 Å². The third-order valence-corrected chi connectivity index (χ3v) is 8.77. The van der Waals surface area contributed by atoms with Gasteiger partial charge in [0.1, 0.15) is 12.4 Å². The van der Waals surface area contributed by atoms with Crippen molar-refractivity contribution in [3.05, 3.63) is 35.0 Å². The molecule has 7 rings (SSSR count). The zero-order valence-corrected chi connectivity index (χ0v) is 22.0. The van der Waals surface area contributed by atoms with E-state index in [0.717, 1.165) is 32.0 Å². The molecule has 4 heterocycles. The highest BCUT2D eigenvalue weighted by Crippen LogP contribution is 2.40. The number of aromatic nitrogens is 2. The van der Waals surface area contributed by atoms with Crippen molar-refractivity contribution in [1.29, 1.82) is 0 Å². The van der Waals surface area contributed by atoms with Crippen molar-refractivity contribution in [3.8, 4) is 11.6 Å². The highest BCUT2D eigenvalue weighted by atomic mass is 19.1. The Hall–Kier alpha value is -3.13. The molecule has 1 aromatic heterocycles. The fourth-order valence-corrected chi connectivity index (χ4v) is 6.22. The number of halogens is 2. The molecule has 2 saturated heterocycles. The highest BCUT2D eigenvalue weighted by Gasteiger charge is 2.47. The van der Waals surface area contributed by atoms with Crippen LogP contribution in [0.1, 0.15) is 36.8 Å². The van der Waals surface area contributed by atoms with Crippen LogP contribution in [0, 0.1) is 17.6 Å². The van der Waals surface area contributed by atoms with Crippen LogP contribution in [0.5, 0.6) is 11.6 Å².